The molecule has 2 amide bonds. The Kier molecular flexibility index (Phi) is 6.59. The Morgan fingerprint density at radius 3 is 2.76 bits per heavy atom. The van der Waals surface area contributed by atoms with E-state index in [4.69, 9.17) is 0 Å². The fraction of sp³-hybridized carbons (Fsp3) is 0.476. The van der Waals surface area contributed by atoms with Crippen LogP contribution in [0.25, 0.3) is 5.69 Å². The van der Waals surface area contributed by atoms with Gasteiger partial charge in [-0.1, -0.05) is 18.2 Å². The molecule has 1 aromatic carbocycles. The summed E-state index contributed by atoms with van der Waals surface area (Å²) >= 11 is 0. The van der Waals surface area contributed by atoms with Gasteiger partial charge in [0, 0.05) is 32.2 Å². The third-order valence-electron chi connectivity index (χ3n) is 5.83. The summed E-state index contributed by atoms with van der Waals surface area (Å²) < 4.78 is 1.84. The van der Waals surface area contributed by atoms with Crippen molar-refractivity contribution < 1.29 is 9.59 Å². The Morgan fingerprint density at radius 2 is 2.00 bits per heavy atom. The first-order chi connectivity index (χ1) is 13.6. The van der Waals surface area contributed by atoms with Crippen molar-refractivity contribution in [3.8, 4) is 5.69 Å². The largest absolute Gasteiger partial charge is 0.336 e. The molecule has 2 fully saturated rings. The minimum Gasteiger partial charge on any atom is -0.336 e. The number of aryl methyl sites for hydroxylation is 1. The van der Waals surface area contributed by atoms with Gasteiger partial charge < -0.3 is 15.1 Å². The maximum atomic E-state index is 13.2. The van der Waals surface area contributed by atoms with Gasteiger partial charge in [0.1, 0.15) is 0 Å². The average molecular weight is 418 g/mol. The molecule has 1 N–H and O–H groups in total. The first-order valence-corrected chi connectivity index (χ1v) is 9.96. The molecule has 7 nitrogen and oxygen atoms in total. The summed E-state index contributed by atoms with van der Waals surface area (Å²) in [5.41, 5.74) is 3.58. The summed E-state index contributed by atoms with van der Waals surface area (Å²) in [5, 5.41) is 7.59. The molecule has 2 saturated heterocycles. The van der Waals surface area contributed by atoms with Gasteiger partial charge in [-0.15, -0.1) is 12.4 Å². The van der Waals surface area contributed by atoms with Crippen molar-refractivity contribution in [1.29, 1.82) is 0 Å². The maximum absolute atomic E-state index is 13.2. The molecule has 2 aromatic rings. The maximum Gasteiger partial charge on any atom is 0.257 e. The second kappa shape index (κ2) is 8.97. The zero-order chi connectivity index (χ0) is 19.7. The van der Waals surface area contributed by atoms with Gasteiger partial charge >= 0.3 is 0 Å². The number of hydrogen-bond donors (Lipinski definition) is 1. The number of piperazine rings is 1. The number of benzene rings is 1. The van der Waals surface area contributed by atoms with Gasteiger partial charge in [-0.3, -0.25) is 9.59 Å². The number of likely N-dealkylation sites (tertiary alicyclic amines) is 1. The van der Waals surface area contributed by atoms with Crippen LogP contribution in [0.3, 0.4) is 0 Å². The summed E-state index contributed by atoms with van der Waals surface area (Å²) in [5.74, 6) is 0.138. The lowest BCUT2D eigenvalue weighted by atomic mass is 10.0. The van der Waals surface area contributed by atoms with E-state index in [1.54, 1.807) is 6.20 Å². The first kappa shape index (κ1) is 21.3. The number of para-hydroxylation sites is 1. The molecule has 1 atom stereocenters. The molecule has 2 aliphatic rings. The molecule has 1 unspecified atom stereocenters. The topological polar surface area (TPSA) is 70.5 Å². The smallest absolute Gasteiger partial charge is 0.257 e. The third-order valence-corrected chi connectivity index (χ3v) is 5.83. The van der Waals surface area contributed by atoms with E-state index in [1.165, 1.54) is 0 Å². The predicted molar refractivity (Wildman–Crippen MR) is 114 cm³/mol. The van der Waals surface area contributed by atoms with Crippen molar-refractivity contribution in [3.05, 3.63) is 47.3 Å². The Bertz CT molecular complexity index is 897. The molecular formula is C21H28ClN5O2. The van der Waals surface area contributed by atoms with Crippen LogP contribution in [0.4, 0.5) is 0 Å². The summed E-state index contributed by atoms with van der Waals surface area (Å²) in [6.07, 6.45) is 3.54. The van der Waals surface area contributed by atoms with Gasteiger partial charge in [0.15, 0.2) is 0 Å². The van der Waals surface area contributed by atoms with Crippen molar-refractivity contribution in [2.45, 2.75) is 32.7 Å². The van der Waals surface area contributed by atoms with Gasteiger partial charge in [-0.05, 0) is 38.3 Å². The SMILES string of the molecule is Cc1ccccc1-n1ncc(C(=O)N2CCCC(N3CCNCC3=O)C2)c1C.Cl. The first-order valence-electron chi connectivity index (χ1n) is 9.96. The molecule has 0 saturated carbocycles. The Labute approximate surface area is 177 Å². The van der Waals surface area contributed by atoms with Crippen molar-refractivity contribution in [3.63, 3.8) is 0 Å². The van der Waals surface area contributed by atoms with Gasteiger partial charge in [-0.2, -0.15) is 5.10 Å². The quantitative estimate of drug-likeness (QED) is 0.828. The van der Waals surface area contributed by atoms with E-state index in [2.05, 4.69) is 10.4 Å². The van der Waals surface area contributed by atoms with Crippen LogP contribution in [0.1, 0.15) is 34.5 Å². The van der Waals surface area contributed by atoms with Crippen LogP contribution in [-0.2, 0) is 4.79 Å². The van der Waals surface area contributed by atoms with Crippen molar-refractivity contribution >= 4 is 24.2 Å². The summed E-state index contributed by atoms with van der Waals surface area (Å²) in [4.78, 5) is 29.3. The van der Waals surface area contributed by atoms with Gasteiger partial charge in [0.2, 0.25) is 5.91 Å². The Balaban J connectivity index is 0.00000240. The minimum atomic E-state index is 0. The van der Waals surface area contributed by atoms with E-state index < -0.39 is 0 Å². The summed E-state index contributed by atoms with van der Waals surface area (Å²) in [7, 11) is 0. The van der Waals surface area contributed by atoms with E-state index in [9.17, 15) is 9.59 Å². The van der Waals surface area contributed by atoms with Crippen LogP contribution < -0.4 is 5.32 Å². The molecule has 156 valence electrons. The normalized spacial score (nSPS) is 19.8. The monoisotopic (exact) mass is 417 g/mol. The number of nitrogens with one attached hydrogen (secondary N) is 1. The lowest BCUT2D eigenvalue weighted by Gasteiger charge is -2.41. The van der Waals surface area contributed by atoms with E-state index in [1.807, 2.05) is 52.6 Å². The number of piperidine rings is 1. The highest BCUT2D eigenvalue weighted by atomic mass is 35.5. The van der Waals surface area contributed by atoms with Crippen molar-refractivity contribution in [2.75, 3.05) is 32.7 Å². The number of hydrogen-bond acceptors (Lipinski definition) is 4. The molecule has 2 aliphatic heterocycles. The lowest BCUT2D eigenvalue weighted by Crippen LogP contribution is -2.57. The molecule has 4 rings (SSSR count). The molecule has 3 heterocycles. The Morgan fingerprint density at radius 1 is 1.21 bits per heavy atom. The number of rotatable bonds is 3. The second-order valence-electron chi connectivity index (χ2n) is 7.65. The highest BCUT2D eigenvalue weighted by Gasteiger charge is 2.32. The molecule has 8 heteroatoms. The summed E-state index contributed by atoms with van der Waals surface area (Å²) in [6, 6.07) is 8.13. The number of carbonyl (C=O) groups excluding carboxylic acids is 2. The van der Waals surface area contributed by atoms with Crippen LogP contribution in [-0.4, -0.2) is 70.2 Å². The number of nitrogens with zero attached hydrogens (tertiary/aromatic N) is 4. The van der Waals surface area contributed by atoms with Crippen LogP contribution in [0, 0.1) is 13.8 Å². The van der Waals surface area contributed by atoms with Crippen LogP contribution in [0.15, 0.2) is 30.5 Å². The zero-order valence-electron chi connectivity index (χ0n) is 16.9. The molecule has 0 spiro atoms. The summed E-state index contributed by atoms with van der Waals surface area (Å²) in [6.45, 7) is 7.23. The highest BCUT2D eigenvalue weighted by molar-refractivity contribution is 5.95. The lowest BCUT2D eigenvalue weighted by molar-refractivity contribution is -0.135. The molecular weight excluding hydrogens is 390 g/mol. The van der Waals surface area contributed by atoms with Crippen molar-refractivity contribution in [2.24, 2.45) is 0 Å². The van der Waals surface area contributed by atoms with E-state index in [0.29, 0.717) is 18.7 Å². The number of aromatic nitrogens is 2. The standard InChI is InChI=1S/C21H27N5O2.ClH/c1-15-6-3-4-8-19(15)26-16(2)18(12-23-26)21(28)24-10-5-7-17(14-24)25-11-9-22-13-20(25)27;/h3-4,6,8,12,17,22H,5,7,9-11,13-14H2,1-2H3;1H. The molecule has 1 aromatic heterocycles. The number of amides is 2. The predicted octanol–water partition coefficient (Wildman–Crippen LogP) is 1.95. The molecule has 29 heavy (non-hydrogen) atoms. The van der Waals surface area contributed by atoms with E-state index in [0.717, 1.165) is 49.4 Å². The molecule has 0 aliphatic carbocycles. The average Bonchev–Trinajstić information content (AvgIpc) is 3.09. The van der Waals surface area contributed by atoms with Gasteiger partial charge in [0.05, 0.1) is 29.7 Å². The Hall–Kier alpha value is -2.38. The van der Waals surface area contributed by atoms with Gasteiger partial charge in [-0.25, -0.2) is 4.68 Å². The van der Waals surface area contributed by atoms with Crippen LogP contribution >= 0.6 is 12.4 Å². The third kappa shape index (κ3) is 4.16. The van der Waals surface area contributed by atoms with Crippen LogP contribution in [0.2, 0.25) is 0 Å². The fourth-order valence-electron chi connectivity index (χ4n) is 4.23. The van der Waals surface area contributed by atoms with Gasteiger partial charge in [0.25, 0.3) is 5.91 Å². The molecule has 0 radical (unpaired) electrons. The van der Waals surface area contributed by atoms with E-state index >= 15 is 0 Å². The fourth-order valence-corrected chi connectivity index (χ4v) is 4.23. The van der Waals surface area contributed by atoms with Crippen LogP contribution in [0.5, 0.6) is 0 Å². The van der Waals surface area contributed by atoms with E-state index in [-0.39, 0.29) is 30.3 Å². The van der Waals surface area contributed by atoms with Crippen molar-refractivity contribution in [1.82, 2.24) is 24.9 Å². The molecule has 0 bridgehead atoms. The highest BCUT2D eigenvalue weighted by Crippen LogP contribution is 2.22. The second-order valence-corrected chi connectivity index (χ2v) is 7.65. The zero-order valence-corrected chi connectivity index (χ0v) is 17.7. The number of halogens is 1. The minimum absolute atomic E-state index is 0. The number of carbonyl (C=O) groups is 2.